The molecular weight excluding hydrogens is 452 g/mol. The van der Waals surface area contributed by atoms with E-state index in [1.54, 1.807) is 41.8 Å². The van der Waals surface area contributed by atoms with E-state index in [1.165, 1.54) is 6.07 Å². The average Bonchev–Trinajstić information content (AvgIpc) is 2.81. The maximum atomic E-state index is 13.4. The molecule has 0 radical (unpaired) electrons. The third-order valence-electron chi connectivity index (χ3n) is 5.58. The van der Waals surface area contributed by atoms with Gasteiger partial charge in [0.2, 0.25) is 5.91 Å². The first-order chi connectivity index (χ1) is 16.3. The molecule has 0 saturated heterocycles. The van der Waals surface area contributed by atoms with Gasteiger partial charge in [0, 0.05) is 17.3 Å². The summed E-state index contributed by atoms with van der Waals surface area (Å²) in [6.07, 6.45) is 0. The number of nitro benzene ring substituents is 1. The lowest BCUT2D eigenvalue weighted by Crippen LogP contribution is -2.23. The molecule has 0 aliphatic rings. The van der Waals surface area contributed by atoms with Crippen molar-refractivity contribution in [3.8, 4) is 5.69 Å². The molecule has 1 amide bonds. The Morgan fingerprint density at radius 3 is 2.59 bits per heavy atom. The summed E-state index contributed by atoms with van der Waals surface area (Å²) in [7, 11) is 0. The van der Waals surface area contributed by atoms with Gasteiger partial charge in [-0.1, -0.05) is 42.1 Å². The van der Waals surface area contributed by atoms with E-state index in [0.29, 0.717) is 33.0 Å². The summed E-state index contributed by atoms with van der Waals surface area (Å²) >= 11 is 1.13. The first-order valence-corrected chi connectivity index (χ1v) is 11.5. The Kier molecular flexibility index (Phi) is 6.47. The Balaban J connectivity index is 1.67. The lowest BCUT2D eigenvalue weighted by molar-refractivity contribution is -0.385. The maximum absolute atomic E-state index is 13.4. The van der Waals surface area contributed by atoms with Crippen molar-refractivity contribution in [3.63, 3.8) is 0 Å². The fraction of sp³-hybridized carbons (Fsp3) is 0.160. The first kappa shape index (κ1) is 23.2. The van der Waals surface area contributed by atoms with Crippen LogP contribution in [-0.4, -0.2) is 26.1 Å². The Labute approximate surface area is 199 Å². The summed E-state index contributed by atoms with van der Waals surface area (Å²) in [6, 6.07) is 17.3. The Hall–Kier alpha value is -3.98. The predicted octanol–water partition coefficient (Wildman–Crippen LogP) is 4.95. The molecule has 9 heteroatoms. The van der Waals surface area contributed by atoms with Crippen LogP contribution >= 0.6 is 11.8 Å². The van der Waals surface area contributed by atoms with Gasteiger partial charge in [-0.25, -0.2) is 4.98 Å². The number of para-hydroxylation sites is 1. The smallest absolute Gasteiger partial charge is 0.274 e. The van der Waals surface area contributed by atoms with E-state index in [9.17, 15) is 19.7 Å². The lowest BCUT2D eigenvalue weighted by Gasteiger charge is -2.16. The van der Waals surface area contributed by atoms with Gasteiger partial charge in [0.1, 0.15) is 0 Å². The minimum Gasteiger partial charge on any atom is -0.325 e. The molecule has 0 spiro atoms. The maximum Gasteiger partial charge on any atom is 0.274 e. The molecule has 8 nitrogen and oxygen atoms in total. The highest BCUT2D eigenvalue weighted by Gasteiger charge is 2.17. The number of anilines is 1. The Morgan fingerprint density at radius 1 is 1.06 bits per heavy atom. The molecule has 0 unspecified atom stereocenters. The molecule has 0 atom stereocenters. The standard InChI is InChI=1S/C25H22N4O4S/c1-15-7-6-10-21(17(15)3)28-24(31)19-8-4-5-9-20(19)27-25(28)34-14-23(30)26-18-12-11-16(2)22(13-18)29(32)33/h4-13H,14H2,1-3H3,(H,26,30). The van der Waals surface area contributed by atoms with Crippen LogP contribution in [0.3, 0.4) is 0 Å². The predicted molar refractivity (Wildman–Crippen MR) is 134 cm³/mol. The minimum atomic E-state index is -0.485. The van der Waals surface area contributed by atoms with Crippen molar-refractivity contribution in [2.45, 2.75) is 25.9 Å². The summed E-state index contributed by atoms with van der Waals surface area (Å²) in [5.74, 6) is -0.393. The fourth-order valence-corrected chi connectivity index (χ4v) is 4.42. The molecule has 4 aromatic rings. The zero-order chi connectivity index (χ0) is 24.4. The molecular formula is C25H22N4O4S. The normalized spacial score (nSPS) is 10.9. The summed E-state index contributed by atoms with van der Waals surface area (Å²) < 4.78 is 1.54. The summed E-state index contributed by atoms with van der Waals surface area (Å²) in [4.78, 5) is 41.4. The van der Waals surface area contributed by atoms with Crippen LogP contribution in [0.5, 0.6) is 0 Å². The second-order valence-corrected chi connectivity index (χ2v) is 8.81. The number of hydrogen-bond acceptors (Lipinski definition) is 6. The highest BCUT2D eigenvalue weighted by atomic mass is 32.2. The van der Waals surface area contributed by atoms with Crippen LogP contribution in [0.2, 0.25) is 0 Å². The van der Waals surface area contributed by atoms with Crippen molar-refractivity contribution in [2.75, 3.05) is 11.1 Å². The van der Waals surface area contributed by atoms with E-state index in [2.05, 4.69) is 10.3 Å². The van der Waals surface area contributed by atoms with Gasteiger partial charge >= 0.3 is 0 Å². The van der Waals surface area contributed by atoms with Crippen molar-refractivity contribution >= 4 is 39.9 Å². The number of aryl methyl sites for hydroxylation is 2. The van der Waals surface area contributed by atoms with Gasteiger partial charge in [-0.3, -0.25) is 24.3 Å². The van der Waals surface area contributed by atoms with Gasteiger partial charge in [-0.15, -0.1) is 0 Å². The van der Waals surface area contributed by atoms with Crippen LogP contribution < -0.4 is 10.9 Å². The molecule has 1 N–H and O–H groups in total. The van der Waals surface area contributed by atoms with E-state index >= 15 is 0 Å². The van der Waals surface area contributed by atoms with Crippen LogP contribution in [0, 0.1) is 30.9 Å². The largest absolute Gasteiger partial charge is 0.325 e. The van der Waals surface area contributed by atoms with E-state index < -0.39 is 4.92 Å². The number of rotatable bonds is 6. The number of carbonyl (C=O) groups excluding carboxylic acids is 1. The molecule has 34 heavy (non-hydrogen) atoms. The summed E-state index contributed by atoms with van der Waals surface area (Å²) in [5.41, 5.74) is 3.80. The van der Waals surface area contributed by atoms with Crippen LogP contribution in [-0.2, 0) is 4.79 Å². The minimum absolute atomic E-state index is 0.0304. The summed E-state index contributed by atoms with van der Waals surface area (Å²) in [6.45, 7) is 5.55. The lowest BCUT2D eigenvalue weighted by atomic mass is 10.1. The van der Waals surface area contributed by atoms with Crippen molar-refractivity contribution < 1.29 is 9.72 Å². The molecule has 0 aliphatic heterocycles. The number of carbonyl (C=O) groups is 1. The first-order valence-electron chi connectivity index (χ1n) is 10.5. The van der Waals surface area contributed by atoms with Crippen LogP contribution in [0.25, 0.3) is 16.6 Å². The van der Waals surface area contributed by atoms with Gasteiger partial charge in [-0.05, 0) is 56.2 Å². The molecule has 4 rings (SSSR count). The number of amides is 1. The number of nitrogens with one attached hydrogen (secondary N) is 1. The number of aromatic nitrogens is 2. The molecule has 172 valence electrons. The second-order valence-electron chi connectivity index (χ2n) is 7.87. The van der Waals surface area contributed by atoms with Crippen LogP contribution in [0.15, 0.2) is 70.6 Å². The van der Waals surface area contributed by atoms with Gasteiger partial charge in [-0.2, -0.15) is 0 Å². The average molecular weight is 475 g/mol. The number of thioether (sulfide) groups is 1. The zero-order valence-electron chi connectivity index (χ0n) is 18.9. The fourth-order valence-electron chi connectivity index (χ4n) is 3.61. The highest BCUT2D eigenvalue weighted by Crippen LogP contribution is 2.26. The number of benzene rings is 3. The molecule has 1 aromatic heterocycles. The summed E-state index contributed by atoms with van der Waals surface area (Å²) in [5, 5.41) is 14.7. The van der Waals surface area contributed by atoms with Gasteiger partial charge in [0.05, 0.1) is 27.3 Å². The van der Waals surface area contributed by atoms with E-state index in [-0.39, 0.29) is 22.9 Å². The van der Waals surface area contributed by atoms with E-state index in [0.717, 1.165) is 22.9 Å². The van der Waals surface area contributed by atoms with Crippen LogP contribution in [0.1, 0.15) is 16.7 Å². The van der Waals surface area contributed by atoms with Gasteiger partial charge < -0.3 is 5.32 Å². The molecule has 0 aliphatic carbocycles. The molecule has 0 saturated carbocycles. The number of nitro groups is 1. The Morgan fingerprint density at radius 2 is 1.82 bits per heavy atom. The Bertz CT molecular complexity index is 1500. The molecule has 3 aromatic carbocycles. The third kappa shape index (κ3) is 4.55. The molecule has 0 bridgehead atoms. The zero-order valence-corrected chi connectivity index (χ0v) is 19.7. The molecule has 1 heterocycles. The van der Waals surface area contributed by atoms with Crippen molar-refractivity contribution in [1.82, 2.24) is 9.55 Å². The molecule has 0 fully saturated rings. The number of hydrogen-bond donors (Lipinski definition) is 1. The van der Waals surface area contributed by atoms with Crippen molar-refractivity contribution in [3.05, 3.63) is 97.8 Å². The highest BCUT2D eigenvalue weighted by molar-refractivity contribution is 7.99. The monoisotopic (exact) mass is 474 g/mol. The van der Waals surface area contributed by atoms with Crippen LogP contribution in [0.4, 0.5) is 11.4 Å². The van der Waals surface area contributed by atoms with Gasteiger partial charge in [0.25, 0.3) is 11.2 Å². The number of fused-ring (bicyclic) bond motifs is 1. The van der Waals surface area contributed by atoms with E-state index in [4.69, 9.17) is 0 Å². The van der Waals surface area contributed by atoms with Crippen molar-refractivity contribution in [1.29, 1.82) is 0 Å². The van der Waals surface area contributed by atoms with Crippen molar-refractivity contribution in [2.24, 2.45) is 0 Å². The number of nitrogens with zero attached hydrogens (tertiary/aromatic N) is 3. The SMILES string of the molecule is Cc1ccc(NC(=O)CSc2nc3ccccc3c(=O)n2-c2cccc(C)c2C)cc1[N+](=O)[O-]. The topological polar surface area (TPSA) is 107 Å². The second kappa shape index (κ2) is 9.48. The van der Waals surface area contributed by atoms with E-state index in [1.807, 2.05) is 38.1 Å². The quantitative estimate of drug-likeness (QED) is 0.183. The third-order valence-corrected chi connectivity index (χ3v) is 6.52. The van der Waals surface area contributed by atoms with Gasteiger partial charge in [0.15, 0.2) is 5.16 Å².